The molecule has 3 nitrogen and oxygen atoms in total. The molecule has 2 rings (SSSR count). The maximum absolute atomic E-state index is 12.0. The van der Waals surface area contributed by atoms with Crippen LogP contribution in [0.5, 0.6) is 0 Å². The van der Waals surface area contributed by atoms with Crippen molar-refractivity contribution in [3.8, 4) is 0 Å². The summed E-state index contributed by atoms with van der Waals surface area (Å²) < 4.78 is 1.60. The summed E-state index contributed by atoms with van der Waals surface area (Å²) >= 11 is 6.05. The Morgan fingerprint density at radius 3 is 2.32 bits per heavy atom. The molecule has 1 aromatic carbocycles. The fraction of sp³-hybridized carbons (Fsp3) is 0.143. The first-order valence-corrected chi connectivity index (χ1v) is 5.99. The Bertz CT molecular complexity index is 582. The van der Waals surface area contributed by atoms with Crippen molar-refractivity contribution in [2.75, 3.05) is 5.43 Å². The third-order valence-electron chi connectivity index (χ3n) is 2.60. The molecule has 0 aliphatic heterocycles. The third-order valence-corrected chi connectivity index (χ3v) is 2.91. The standard InChI is InChI=1S/C14H13ClN2O.ClH/c1-10-5-7-17(8-6-10)16-14(18)12-4-3-11(2)9-13(12)15;/h3-9H,1-2H3;1H. The number of hydrogen-bond acceptors (Lipinski definition) is 1. The normalized spacial score (nSPS) is 9.63. The number of carbonyl (C=O) groups is 1. The van der Waals surface area contributed by atoms with Gasteiger partial charge >= 0.3 is 5.91 Å². The Morgan fingerprint density at radius 2 is 1.74 bits per heavy atom. The maximum Gasteiger partial charge on any atom is 0.306 e. The lowest BCUT2D eigenvalue weighted by molar-refractivity contribution is -0.641. The predicted octanol–water partition coefficient (Wildman–Crippen LogP) is -0.368. The molecule has 5 heteroatoms. The minimum atomic E-state index is -0.228. The zero-order chi connectivity index (χ0) is 13.1. The fourth-order valence-electron chi connectivity index (χ4n) is 1.56. The highest BCUT2D eigenvalue weighted by molar-refractivity contribution is 6.34. The minimum Gasteiger partial charge on any atom is -1.00 e. The Morgan fingerprint density at radius 1 is 1.11 bits per heavy atom. The highest BCUT2D eigenvalue weighted by Crippen LogP contribution is 2.17. The number of nitrogens with zero attached hydrogens (tertiary/aromatic N) is 1. The highest BCUT2D eigenvalue weighted by atomic mass is 35.5. The Balaban J connectivity index is 0.00000180. The van der Waals surface area contributed by atoms with E-state index in [4.69, 9.17) is 11.6 Å². The highest BCUT2D eigenvalue weighted by Gasteiger charge is 2.13. The summed E-state index contributed by atoms with van der Waals surface area (Å²) in [5.41, 5.74) is 5.37. The minimum absolute atomic E-state index is 0. The van der Waals surface area contributed by atoms with Crippen molar-refractivity contribution in [3.63, 3.8) is 0 Å². The van der Waals surface area contributed by atoms with Gasteiger partial charge < -0.3 is 12.4 Å². The number of halogens is 2. The lowest BCUT2D eigenvalue weighted by atomic mass is 10.1. The number of pyridine rings is 1. The molecule has 0 saturated heterocycles. The van der Waals surface area contributed by atoms with E-state index in [1.807, 2.05) is 32.0 Å². The molecule has 0 fully saturated rings. The Labute approximate surface area is 123 Å². The first kappa shape index (κ1) is 15.5. The molecular formula is C14H14Cl2N2O. The molecule has 100 valence electrons. The Kier molecular flexibility index (Phi) is 5.33. The average Bonchev–Trinajstić information content (AvgIpc) is 2.32. The van der Waals surface area contributed by atoms with E-state index in [2.05, 4.69) is 5.43 Å². The van der Waals surface area contributed by atoms with Gasteiger partial charge in [0.05, 0.1) is 10.6 Å². The Hall–Kier alpha value is -1.58. The summed E-state index contributed by atoms with van der Waals surface area (Å²) in [5, 5.41) is 0.459. The summed E-state index contributed by atoms with van der Waals surface area (Å²) in [4.78, 5) is 12.0. The molecular weight excluding hydrogens is 283 g/mol. The number of nitrogens with one attached hydrogen (secondary N) is 1. The number of carbonyl (C=O) groups excluding carboxylic acids is 1. The summed E-state index contributed by atoms with van der Waals surface area (Å²) in [6, 6.07) is 9.19. The number of rotatable bonds is 2. The molecule has 1 aromatic heterocycles. The van der Waals surface area contributed by atoms with Crippen LogP contribution < -0.4 is 22.5 Å². The molecule has 1 amide bonds. The number of amides is 1. The largest absolute Gasteiger partial charge is 1.00 e. The van der Waals surface area contributed by atoms with E-state index >= 15 is 0 Å². The molecule has 2 aromatic rings. The van der Waals surface area contributed by atoms with E-state index in [0.29, 0.717) is 10.6 Å². The second-order valence-electron chi connectivity index (χ2n) is 4.21. The fourth-order valence-corrected chi connectivity index (χ4v) is 1.88. The van der Waals surface area contributed by atoms with Gasteiger partial charge in [-0.3, -0.25) is 4.79 Å². The SMILES string of the molecule is Cc1cc[n+](NC(=O)c2ccc(C)cc2Cl)cc1.[Cl-]. The van der Waals surface area contributed by atoms with Gasteiger partial charge in [-0.1, -0.05) is 22.3 Å². The van der Waals surface area contributed by atoms with Gasteiger partial charge in [0.15, 0.2) is 12.4 Å². The van der Waals surface area contributed by atoms with Crippen LogP contribution in [-0.2, 0) is 0 Å². The molecule has 1 heterocycles. The molecule has 0 aliphatic carbocycles. The number of aryl methyl sites for hydroxylation is 2. The zero-order valence-corrected chi connectivity index (χ0v) is 12.2. The zero-order valence-electron chi connectivity index (χ0n) is 10.7. The van der Waals surface area contributed by atoms with E-state index in [0.717, 1.165) is 11.1 Å². The van der Waals surface area contributed by atoms with Crippen molar-refractivity contribution in [1.29, 1.82) is 0 Å². The first-order valence-electron chi connectivity index (χ1n) is 5.62. The lowest BCUT2D eigenvalue weighted by Crippen LogP contribution is -3.00. The van der Waals surface area contributed by atoms with Crippen LogP contribution in [0.3, 0.4) is 0 Å². The van der Waals surface area contributed by atoms with Crippen LogP contribution in [-0.4, -0.2) is 5.91 Å². The summed E-state index contributed by atoms with van der Waals surface area (Å²) in [6.07, 6.45) is 3.57. The molecule has 0 saturated carbocycles. The van der Waals surface area contributed by atoms with E-state index < -0.39 is 0 Å². The average molecular weight is 297 g/mol. The van der Waals surface area contributed by atoms with Crippen molar-refractivity contribution in [2.24, 2.45) is 0 Å². The molecule has 19 heavy (non-hydrogen) atoms. The molecule has 1 N–H and O–H groups in total. The smallest absolute Gasteiger partial charge is 0.306 e. The summed E-state index contributed by atoms with van der Waals surface area (Å²) in [5.74, 6) is -0.228. The molecule has 0 radical (unpaired) electrons. The van der Waals surface area contributed by atoms with Gasteiger partial charge in [-0.05, 0) is 37.1 Å². The van der Waals surface area contributed by atoms with Crippen molar-refractivity contribution in [2.45, 2.75) is 13.8 Å². The lowest BCUT2D eigenvalue weighted by Gasteiger charge is -2.03. The van der Waals surface area contributed by atoms with Crippen LogP contribution in [0, 0.1) is 13.8 Å². The summed E-state index contributed by atoms with van der Waals surface area (Å²) in [7, 11) is 0. The van der Waals surface area contributed by atoms with Gasteiger partial charge in [0, 0.05) is 12.1 Å². The van der Waals surface area contributed by atoms with Crippen molar-refractivity contribution in [1.82, 2.24) is 0 Å². The second-order valence-corrected chi connectivity index (χ2v) is 4.61. The third kappa shape index (κ3) is 3.94. The molecule has 0 atom stereocenters. The topological polar surface area (TPSA) is 33.0 Å². The van der Waals surface area contributed by atoms with Crippen LogP contribution in [0.1, 0.15) is 21.5 Å². The number of aromatic nitrogens is 1. The predicted molar refractivity (Wildman–Crippen MR) is 71.3 cm³/mol. The van der Waals surface area contributed by atoms with E-state index in [-0.39, 0.29) is 18.3 Å². The van der Waals surface area contributed by atoms with Gasteiger partial charge in [-0.2, -0.15) is 0 Å². The molecule has 0 unspecified atom stereocenters. The van der Waals surface area contributed by atoms with E-state index in [1.54, 1.807) is 29.2 Å². The van der Waals surface area contributed by atoms with E-state index in [1.165, 1.54) is 0 Å². The molecule has 0 aliphatic rings. The van der Waals surface area contributed by atoms with Crippen LogP contribution >= 0.6 is 11.6 Å². The van der Waals surface area contributed by atoms with Gasteiger partial charge in [-0.25, -0.2) is 0 Å². The van der Waals surface area contributed by atoms with Gasteiger partial charge in [0.1, 0.15) is 0 Å². The maximum atomic E-state index is 12.0. The van der Waals surface area contributed by atoms with Gasteiger partial charge in [-0.15, -0.1) is 5.43 Å². The summed E-state index contributed by atoms with van der Waals surface area (Å²) in [6.45, 7) is 3.92. The van der Waals surface area contributed by atoms with Gasteiger partial charge in [0.25, 0.3) is 0 Å². The second kappa shape index (κ2) is 6.55. The monoisotopic (exact) mass is 296 g/mol. The van der Waals surface area contributed by atoms with E-state index in [9.17, 15) is 4.79 Å². The van der Waals surface area contributed by atoms with Crippen LogP contribution in [0.15, 0.2) is 42.7 Å². The van der Waals surface area contributed by atoms with Crippen molar-refractivity contribution in [3.05, 3.63) is 64.4 Å². The van der Waals surface area contributed by atoms with Crippen LogP contribution in [0.4, 0.5) is 0 Å². The van der Waals surface area contributed by atoms with Crippen molar-refractivity contribution < 1.29 is 21.9 Å². The molecule has 0 spiro atoms. The molecule has 0 bridgehead atoms. The van der Waals surface area contributed by atoms with Crippen LogP contribution in [0.2, 0.25) is 5.02 Å². The van der Waals surface area contributed by atoms with Crippen molar-refractivity contribution >= 4 is 17.5 Å². The quantitative estimate of drug-likeness (QED) is 0.754. The number of benzene rings is 1. The van der Waals surface area contributed by atoms with Crippen LogP contribution in [0.25, 0.3) is 0 Å². The first-order chi connectivity index (χ1) is 8.56. The van der Waals surface area contributed by atoms with Gasteiger partial charge in [0.2, 0.25) is 0 Å². The number of hydrogen-bond donors (Lipinski definition) is 1.